The number of carbonyl (C=O) groups excluding carboxylic acids is 2. The van der Waals surface area contributed by atoms with E-state index < -0.39 is 46.2 Å². The average Bonchev–Trinajstić information content (AvgIpc) is 3.68. The minimum atomic E-state index is -1.08. The first kappa shape index (κ1) is 33.5. The summed E-state index contributed by atoms with van der Waals surface area (Å²) in [6.45, 7) is 0.786. The van der Waals surface area contributed by atoms with E-state index in [1.165, 1.54) is 5.56 Å². The number of unbranched alkanes of at least 4 members (excludes halogenated alkanes) is 1. The molecule has 3 heterocycles. The fourth-order valence-electron chi connectivity index (χ4n) is 12.2. The maximum atomic E-state index is 13.3. The van der Waals surface area contributed by atoms with Crippen LogP contribution in [0.2, 0.25) is 0 Å². The van der Waals surface area contributed by atoms with Gasteiger partial charge >= 0.3 is 11.9 Å². The van der Waals surface area contributed by atoms with Gasteiger partial charge in [0.25, 0.3) is 0 Å². The number of piperidine rings is 1. The molecule has 8 aliphatic rings. The largest absolute Gasteiger partial charge is 0.493 e. The fourth-order valence-corrected chi connectivity index (χ4v) is 12.2. The van der Waals surface area contributed by atoms with Gasteiger partial charge in [0, 0.05) is 36.4 Å². The lowest BCUT2D eigenvalue weighted by Gasteiger charge is -2.61. The third kappa shape index (κ3) is 4.16. The summed E-state index contributed by atoms with van der Waals surface area (Å²) in [5, 5.41) is 24.7. The first-order chi connectivity index (χ1) is 25.6. The molecule has 1 saturated carbocycles. The lowest BCUT2D eigenvalue weighted by molar-refractivity contribution is -0.169. The first-order valence-corrected chi connectivity index (χ1v) is 19.3. The van der Waals surface area contributed by atoms with Crippen molar-refractivity contribution < 1.29 is 48.2 Å². The molecular weight excluding hydrogens is 678 g/mol. The number of carbonyl (C=O) groups is 2. The van der Waals surface area contributed by atoms with E-state index in [0.29, 0.717) is 73.0 Å². The minimum absolute atomic E-state index is 0.0873. The minimum Gasteiger partial charge on any atom is -0.493 e. The highest BCUT2D eigenvalue weighted by atomic mass is 16.6. The molecule has 0 aromatic heterocycles. The van der Waals surface area contributed by atoms with E-state index in [9.17, 15) is 19.8 Å². The van der Waals surface area contributed by atoms with Crippen LogP contribution in [0.5, 0.6) is 23.0 Å². The summed E-state index contributed by atoms with van der Waals surface area (Å²) < 4.78 is 36.6. The van der Waals surface area contributed by atoms with Crippen molar-refractivity contribution in [1.29, 1.82) is 0 Å². The Morgan fingerprint density at radius 1 is 0.792 bits per heavy atom. The van der Waals surface area contributed by atoms with Crippen LogP contribution in [-0.4, -0.2) is 84.3 Å². The van der Waals surface area contributed by atoms with Gasteiger partial charge in [-0.05, 0) is 106 Å². The fraction of sp³-hybridized carbons (Fsp3) is 0.571. The second kappa shape index (κ2) is 11.5. The highest BCUT2D eigenvalue weighted by Crippen LogP contribution is 2.68. The van der Waals surface area contributed by atoms with E-state index in [-0.39, 0.29) is 24.8 Å². The topological polar surface area (TPSA) is 133 Å². The van der Waals surface area contributed by atoms with Gasteiger partial charge in [-0.15, -0.1) is 0 Å². The Bertz CT molecular complexity index is 2010. The van der Waals surface area contributed by atoms with E-state index in [1.54, 1.807) is 14.2 Å². The van der Waals surface area contributed by atoms with Crippen LogP contribution in [-0.2, 0) is 42.7 Å². The molecule has 0 radical (unpaired) electrons. The number of esters is 2. The maximum Gasteiger partial charge on any atom is 0.310 e. The number of rotatable bonds is 9. The summed E-state index contributed by atoms with van der Waals surface area (Å²) in [7, 11) is 5.29. The van der Waals surface area contributed by atoms with Gasteiger partial charge in [0.05, 0.1) is 36.3 Å². The molecular formula is C42H47NO10. The van der Waals surface area contributed by atoms with Crippen molar-refractivity contribution in [2.75, 3.05) is 27.8 Å². The standard InChI is InChI=1S/C42H47NO10/c1-43-20-19-40-34-24-11-13-27(49-3)36(34)53-38(40)29(15-18-42(40,47)30(43)22-24)51-32(45)9-5-4-8-31(44)50-28-14-17-41(46)25-7-6-16-39(41)33-23(21-25)10-12-26(48-2)35(33)52-37(28)39/h10-15,25,30,37-38,46-47H,4-9,16-22H2,1-3H3/t25-,30-,37+,38+,39?,40+,41-,42-/m1/s1. The second-order valence-electron chi connectivity index (χ2n) is 16.6. The summed E-state index contributed by atoms with van der Waals surface area (Å²) in [5.41, 5.74) is 0.842. The third-order valence-corrected chi connectivity index (χ3v) is 14.5. The lowest BCUT2D eigenvalue weighted by atomic mass is 9.47. The molecule has 1 unspecified atom stereocenters. The highest BCUT2D eigenvalue weighted by molar-refractivity contribution is 5.73. The number of benzene rings is 2. The maximum absolute atomic E-state index is 13.3. The van der Waals surface area contributed by atoms with Crippen molar-refractivity contribution in [3.05, 3.63) is 70.2 Å². The Hall–Kier alpha value is -4.06. The SMILES string of the molecule is COc1ccc2c3c1O[C@H]1C(OC(=O)CCCCC(=O)OC4=CC[C@@]5(O)[C@H]6Cc7ccc(OC)c8c7[C@@]5(CCN6C)[C@H]4O8)=CC[C@@]4(O)[C@H](CCCC314)C2. The molecule has 3 aliphatic heterocycles. The molecule has 5 aliphatic carbocycles. The number of hydrogen-bond acceptors (Lipinski definition) is 11. The second-order valence-corrected chi connectivity index (χ2v) is 16.6. The molecule has 2 fully saturated rings. The third-order valence-electron chi connectivity index (χ3n) is 14.5. The smallest absolute Gasteiger partial charge is 0.310 e. The van der Waals surface area contributed by atoms with Crippen LogP contribution in [0.15, 0.2) is 47.9 Å². The number of aliphatic hydroxyl groups is 2. The van der Waals surface area contributed by atoms with E-state index in [2.05, 4.69) is 24.1 Å². The number of hydrogen-bond donors (Lipinski definition) is 2. The van der Waals surface area contributed by atoms with Crippen LogP contribution in [0.25, 0.3) is 0 Å². The Balaban J connectivity index is 0.803. The predicted octanol–water partition coefficient (Wildman–Crippen LogP) is 4.70. The molecule has 11 nitrogen and oxygen atoms in total. The van der Waals surface area contributed by atoms with Gasteiger partial charge in [-0.25, -0.2) is 0 Å². The molecule has 2 N–H and O–H groups in total. The molecule has 2 aromatic carbocycles. The highest BCUT2D eigenvalue weighted by Gasteiger charge is 2.73. The molecule has 1 saturated heterocycles. The summed E-state index contributed by atoms with van der Waals surface area (Å²) >= 11 is 0. The predicted molar refractivity (Wildman–Crippen MR) is 190 cm³/mol. The van der Waals surface area contributed by atoms with Crippen LogP contribution in [0.3, 0.4) is 0 Å². The van der Waals surface area contributed by atoms with Crippen molar-refractivity contribution in [3.63, 3.8) is 0 Å². The average molecular weight is 726 g/mol. The molecule has 11 heteroatoms. The molecule has 2 spiro atoms. The van der Waals surface area contributed by atoms with Gasteiger partial charge < -0.3 is 43.5 Å². The van der Waals surface area contributed by atoms with Gasteiger partial charge in [-0.1, -0.05) is 18.6 Å². The van der Waals surface area contributed by atoms with Crippen molar-refractivity contribution in [2.45, 2.75) is 117 Å². The number of methoxy groups -OCH3 is 2. The number of likely N-dealkylation sites (N-methyl/N-ethyl adjacent to an activating group) is 1. The molecule has 2 aromatic rings. The Morgan fingerprint density at radius 2 is 1.34 bits per heavy atom. The van der Waals surface area contributed by atoms with E-state index in [4.69, 9.17) is 28.4 Å². The number of nitrogens with zero attached hydrogens (tertiary/aromatic N) is 1. The quantitative estimate of drug-likeness (QED) is 0.275. The van der Waals surface area contributed by atoms with E-state index in [0.717, 1.165) is 48.9 Å². The number of ether oxygens (including phenoxy) is 6. The van der Waals surface area contributed by atoms with Crippen LogP contribution < -0.4 is 18.9 Å². The molecule has 4 bridgehead atoms. The van der Waals surface area contributed by atoms with Gasteiger partial charge in [-0.3, -0.25) is 9.59 Å². The van der Waals surface area contributed by atoms with Crippen molar-refractivity contribution >= 4 is 11.9 Å². The Labute approximate surface area is 308 Å². The normalized spacial score (nSPS) is 36.2. The summed E-state index contributed by atoms with van der Waals surface area (Å²) in [6, 6.07) is 7.93. The van der Waals surface area contributed by atoms with Crippen LogP contribution in [0, 0.1) is 5.92 Å². The van der Waals surface area contributed by atoms with Gasteiger partial charge in [-0.2, -0.15) is 0 Å². The monoisotopic (exact) mass is 725 g/mol. The Kier molecular flexibility index (Phi) is 7.25. The van der Waals surface area contributed by atoms with E-state index >= 15 is 0 Å². The lowest BCUT2D eigenvalue weighted by Crippen LogP contribution is -2.74. The molecule has 10 rings (SSSR count). The van der Waals surface area contributed by atoms with Gasteiger partial charge in [0.1, 0.15) is 11.5 Å². The van der Waals surface area contributed by atoms with E-state index in [1.807, 2.05) is 24.3 Å². The molecule has 0 amide bonds. The van der Waals surface area contributed by atoms with Crippen molar-refractivity contribution in [1.82, 2.24) is 4.90 Å². The van der Waals surface area contributed by atoms with Crippen LogP contribution >= 0.6 is 0 Å². The van der Waals surface area contributed by atoms with Gasteiger partial charge in [0.15, 0.2) is 35.2 Å². The molecule has 280 valence electrons. The summed E-state index contributed by atoms with van der Waals surface area (Å²) in [5.74, 6) is 2.71. The van der Waals surface area contributed by atoms with Crippen molar-refractivity contribution in [2.24, 2.45) is 5.92 Å². The van der Waals surface area contributed by atoms with Crippen LogP contribution in [0.4, 0.5) is 0 Å². The van der Waals surface area contributed by atoms with Gasteiger partial charge in [0.2, 0.25) is 0 Å². The molecule has 53 heavy (non-hydrogen) atoms. The summed E-state index contributed by atoms with van der Waals surface area (Å²) in [6.07, 6.45) is 9.10. The number of likely N-dealkylation sites (tertiary alicyclic amines) is 1. The zero-order valence-corrected chi connectivity index (χ0v) is 30.6. The van der Waals surface area contributed by atoms with Crippen LogP contribution in [0.1, 0.15) is 86.5 Å². The zero-order chi connectivity index (χ0) is 36.5. The van der Waals surface area contributed by atoms with Crippen molar-refractivity contribution in [3.8, 4) is 23.0 Å². The zero-order valence-electron chi connectivity index (χ0n) is 30.6. The Morgan fingerprint density at radius 3 is 1.92 bits per heavy atom. The summed E-state index contributed by atoms with van der Waals surface area (Å²) in [4.78, 5) is 28.8. The first-order valence-electron chi connectivity index (χ1n) is 19.3. The molecule has 8 atom stereocenters.